The number of nitrogens with zero attached hydrogens (tertiary/aromatic N) is 4. The average molecular weight is 426 g/mol. The predicted octanol–water partition coefficient (Wildman–Crippen LogP) is 2.75. The molecule has 1 aliphatic rings. The summed E-state index contributed by atoms with van der Waals surface area (Å²) >= 11 is 3.08. The van der Waals surface area contributed by atoms with E-state index in [1.54, 1.807) is 18.4 Å². The van der Waals surface area contributed by atoms with Gasteiger partial charge in [0.05, 0.1) is 28.9 Å². The van der Waals surface area contributed by atoms with Gasteiger partial charge in [-0.2, -0.15) is 9.98 Å². The zero-order chi connectivity index (χ0) is 20.2. The Morgan fingerprint density at radius 2 is 2.17 bits per heavy atom. The van der Waals surface area contributed by atoms with Crippen LogP contribution in [0.4, 0.5) is 5.13 Å². The van der Waals surface area contributed by atoms with E-state index in [4.69, 9.17) is 4.74 Å². The molecule has 7 nitrogen and oxygen atoms in total. The molecule has 0 spiro atoms. The molecule has 4 rings (SSSR count). The van der Waals surface area contributed by atoms with Gasteiger partial charge in [-0.05, 0) is 41.8 Å². The largest absolute Gasteiger partial charge is 0.492 e. The summed E-state index contributed by atoms with van der Waals surface area (Å²) in [4.78, 5) is 18.9. The van der Waals surface area contributed by atoms with Gasteiger partial charge in [0.2, 0.25) is 17.7 Å². The predicted molar refractivity (Wildman–Crippen MR) is 118 cm³/mol. The smallest absolute Gasteiger partial charge is 0.248 e. The van der Waals surface area contributed by atoms with Gasteiger partial charge in [-0.25, -0.2) is 4.99 Å². The van der Waals surface area contributed by atoms with Gasteiger partial charge in [0.1, 0.15) is 0 Å². The molecule has 0 unspecified atom stereocenters. The van der Waals surface area contributed by atoms with Crippen molar-refractivity contribution in [3.63, 3.8) is 0 Å². The zero-order valence-corrected chi connectivity index (χ0v) is 17.5. The summed E-state index contributed by atoms with van der Waals surface area (Å²) in [6.07, 6.45) is 1.89. The summed E-state index contributed by atoms with van der Waals surface area (Å²) in [5, 5.41) is 17.9. The van der Waals surface area contributed by atoms with Crippen molar-refractivity contribution in [2.24, 2.45) is 15.0 Å². The summed E-state index contributed by atoms with van der Waals surface area (Å²) in [5.41, 5.74) is 0.799. The number of aliphatic imine (C=N–C) groups is 2. The lowest BCUT2D eigenvalue weighted by atomic mass is 10.1. The molecule has 0 bridgehead atoms. The number of aromatic hydroxyl groups is 1. The Balaban J connectivity index is 1.64. The second-order valence-corrected chi connectivity index (χ2v) is 8.11. The number of hydrogen-bond donors (Lipinski definition) is 2. The topological polar surface area (TPSA) is 91.5 Å². The van der Waals surface area contributed by atoms with Crippen molar-refractivity contribution in [1.82, 2.24) is 4.98 Å². The lowest BCUT2D eigenvalue weighted by Gasteiger charge is -2.11. The van der Waals surface area contributed by atoms with Gasteiger partial charge < -0.3 is 15.2 Å². The number of hydrogen-bond acceptors (Lipinski definition) is 7. The molecule has 0 aliphatic carbocycles. The molecule has 0 amide bonds. The molecule has 0 saturated carbocycles. The van der Waals surface area contributed by atoms with Crippen LogP contribution < -0.4 is 15.9 Å². The standard InChI is InChI=1S/C20H19N5O2S2/c1-3-27-18-14-9-12(6-7-15(14)23-19(21-2)25-18)10-16-17(26)24-20(29-16)22-11-13-5-4-8-28-13/h4-10,26H,3,11H2,1-2H3,(H,22,24). The van der Waals surface area contributed by atoms with Crippen LogP contribution in [-0.4, -0.2) is 35.6 Å². The number of guanidine groups is 1. The monoisotopic (exact) mass is 425 g/mol. The average Bonchev–Trinajstić information content (AvgIpc) is 3.36. The number of aromatic nitrogens is 1. The number of fused-ring (bicyclic) bond motifs is 1. The van der Waals surface area contributed by atoms with E-state index in [0.29, 0.717) is 35.0 Å². The molecule has 148 valence electrons. The Morgan fingerprint density at radius 1 is 1.28 bits per heavy atom. The second kappa shape index (κ2) is 8.54. The van der Waals surface area contributed by atoms with Gasteiger partial charge in [0.15, 0.2) is 5.13 Å². The molecule has 0 atom stereocenters. The summed E-state index contributed by atoms with van der Waals surface area (Å²) in [5.74, 6) is 0.893. The minimum Gasteiger partial charge on any atom is -0.492 e. The van der Waals surface area contributed by atoms with Crippen molar-refractivity contribution in [1.29, 1.82) is 0 Å². The van der Waals surface area contributed by atoms with Crippen LogP contribution in [0.2, 0.25) is 0 Å². The molecular weight excluding hydrogens is 406 g/mol. The van der Waals surface area contributed by atoms with Crippen LogP contribution in [-0.2, 0) is 11.3 Å². The van der Waals surface area contributed by atoms with Crippen molar-refractivity contribution < 1.29 is 9.84 Å². The molecule has 1 aliphatic heterocycles. The van der Waals surface area contributed by atoms with Crippen molar-refractivity contribution >= 4 is 45.7 Å². The molecule has 2 aromatic heterocycles. The van der Waals surface area contributed by atoms with E-state index in [1.165, 1.54) is 16.2 Å². The summed E-state index contributed by atoms with van der Waals surface area (Å²) < 4.78 is 5.67. The third kappa shape index (κ3) is 4.36. The highest BCUT2D eigenvalue weighted by Crippen LogP contribution is 2.29. The van der Waals surface area contributed by atoms with Crippen molar-refractivity contribution in [3.8, 4) is 5.88 Å². The quantitative estimate of drug-likeness (QED) is 0.658. The fourth-order valence-electron chi connectivity index (χ4n) is 2.76. The molecule has 0 radical (unpaired) electrons. The molecule has 2 N–H and O–H groups in total. The summed E-state index contributed by atoms with van der Waals surface area (Å²) in [6, 6.07) is 9.84. The van der Waals surface area contributed by atoms with E-state index in [0.717, 1.165) is 16.1 Å². The molecule has 1 aromatic carbocycles. The molecule has 9 heteroatoms. The number of thiazole rings is 1. The third-order valence-electron chi connectivity index (χ3n) is 4.08. The van der Waals surface area contributed by atoms with Gasteiger partial charge >= 0.3 is 0 Å². The van der Waals surface area contributed by atoms with E-state index < -0.39 is 0 Å². The zero-order valence-electron chi connectivity index (χ0n) is 15.9. The van der Waals surface area contributed by atoms with Crippen molar-refractivity contribution in [2.45, 2.75) is 13.5 Å². The van der Waals surface area contributed by atoms with E-state index >= 15 is 0 Å². The molecule has 0 fully saturated rings. The van der Waals surface area contributed by atoms with E-state index in [2.05, 4.69) is 31.3 Å². The highest BCUT2D eigenvalue weighted by molar-refractivity contribution is 7.16. The van der Waals surface area contributed by atoms with E-state index in [1.807, 2.05) is 42.6 Å². The van der Waals surface area contributed by atoms with Crippen LogP contribution in [0.5, 0.6) is 5.88 Å². The minimum absolute atomic E-state index is 0.00480. The number of rotatable bonds is 5. The van der Waals surface area contributed by atoms with Gasteiger partial charge in [-0.3, -0.25) is 4.99 Å². The Morgan fingerprint density at radius 3 is 2.93 bits per heavy atom. The first-order valence-electron chi connectivity index (χ1n) is 9.01. The lowest BCUT2D eigenvalue weighted by molar-refractivity contribution is 0.328. The van der Waals surface area contributed by atoms with Gasteiger partial charge in [-0.15, -0.1) is 11.3 Å². The number of thiophene rings is 1. The van der Waals surface area contributed by atoms with Crippen molar-refractivity contribution in [2.75, 3.05) is 19.0 Å². The SMILES string of the molecule is CCOC1=NC(=NC)N=c2ccc(=Cc3sc(NCc4cccs4)nc3O)cc21. The first kappa shape index (κ1) is 19.3. The molecular formula is C20H19N5O2S2. The van der Waals surface area contributed by atoms with Gasteiger partial charge in [0, 0.05) is 11.9 Å². The van der Waals surface area contributed by atoms with Crippen LogP contribution >= 0.6 is 22.7 Å². The number of anilines is 1. The highest BCUT2D eigenvalue weighted by Gasteiger charge is 2.14. The number of benzene rings is 1. The van der Waals surface area contributed by atoms with Crippen LogP contribution in [0.15, 0.2) is 50.7 Å². The Labute approximate surface area is 175 Å². The van der Waals surface area contributed by atoms with Crippen LogP contribution in [0.3, 0.4) is 0 Å². The lowest BCUT2D eigenvalue weighted by Crippen LogP contribution is -2.27. The fraction of sp³-hybridized carbons (Fsp3) is 0.200. The molecule has 29 heavy (non-hydrogen) atoms. The Hall–Kier alpha value is -3.04. The Bertz CT molecular complexity index is 1200. The van der Waals surface area contributed by atoms with Gasteiger partial charge in [0.25, 0.3) is 0 Å². The first-order valence-corrected chi connectivity index (χ1v) is 10.7. The maximum absolute atomic E-state index is 10.2. The normalized spacial score (nSPS) is 15.0. The number of ether oxygens (including phenoxy) is 1. The number of nitrogens with one attached hydrogen (secondary N) is 1. The molecule has 3 heterocycles. The van der Waals surface area contributed by atoms with E-state index in [9.17, 15) is 5.11 Å². The summed E-state index contributed by atoms with van der Waals surface area (Å²) in [6.45, 7) is 3.09. The maximum atomic E-state index is 10.2. The molecule has 0 saturated heterocycles. The maximum Gasteiger partial charge on any atom is 0.248 e. The second-order valence-electron chi connectivity index (χ2n) is 6.05. The Kier molecular flexibility index (Phi) is 5.68. The first-order chi connectivity index (χ1) is 14.2. The van der Waals surface area contributed by atoms with E-state index in [-0.39, 0.29) is 5.88 Å². The van der Waals surface area contributed by atoms with Crippen molar-refractivity contribution in [3.05, 3.63) is 61.6 Å². The third-order valence-corrected chi connectivity index (χ3v) is 5.91. The highest BCUT2D eigenvalue weighted by atomic mass is 32.1. The van der Waals surface area contributed by atoms with Crippen LogP contribution in [0, 0.1) is 0 Å². The molecule has 3 aromatic rings. The summed E-state index contributed by atoms with van der Waals surface area (Å²) in [7, 11) is 1.65. The van der Waals surface area contributed by atoms with Crippen LogP contribution in [0.1, 0.15) is 22.2 Å². The minimum atomic E-state index is 0.00480. The van der Waals surface area contributed by atoms with Gasteiger partial charge in [-0.1, -0.05) is 23.5 Å². The van der Waals surface area contributed by atoms with Crippen LogP contribution in [0.25, 0.3) is 6.08 Å². The fourth-order valence-corrected chi connectivity index (χ4v) is 4.22.